The zero-order valence-corrected chi connectivity index (χ0v) is 7.56. The summed E-state index contributed by atoms with van der Waals surface area (Å²) in [5, 5.41) is 3.47. The molecular weight excluding hydrogens is 136 g/mol. The molecule has 0 aromatic carbocycles. The Labute approximate surface area is 69.0 Å². The van der Waals surface area contributed by atoms with Crippen LogP contribution in [0.25, 0.3) is 0 Å². The molecule has 0 radical (unpaired) electrons. The summed E-state index contributed by atoms with van der Waals surface area (Å²) in [6, 6.07) is 0.802. The van der Waals surface area contributed by atoms with Gasteiger partial charge in [-0.1, -0.05) is 6.92 Å². The molecule has 0 spiro atoms. The van der Waals surface area contributed by atoms with Crippen LogP contribution in [-0.2, 0) is 0 Å². The minimum absolute atomic E-state index is 0.655. The van der Waals surface area contributed by atoms with Crippen molar-refractivity contribution in [3.05, 3.63) is 0 Å². The molecule has 1 atom stereocenters. The highest BCUT2D eigenvalue weighted by atomic mass is 15.2. The van der Waals surface area contributed by atoms with Crippen molar-refractivity contribution in [1.82, 2.24) is 10.2 Å². The standard InChI is InChI=1S/C9H18N2/c1-9(3-4-9)8-7-10-5-6-11(8)2/h8,10H,3-7H2,1-2H3. The zero-order valence-electron chi connectivity index (χ0n) is 7.56. The summed E-state index contributed by atoms with van der Waals surface area (Å²) in [5.41, 5.74) is 0.655. The van der Waals surface area contributed by atoms with Crippen LogP contribution in [0, 0.1) is 5.41 Å². The zero-order chi connectivity index (χ0) is 7.90. The van der Waals surface area contributed by atoms with Crippen molar-refractivity contribution in [3.63, 3.8) is 0 Å². The Morgan fingerprint density at radius 2 is 2.18 bits per heavy atom. The fourth-order valence-corrected chi connectivity index (χ4v) is 2.11. The van der Waals surface area contributed by atoms with Crippen molar-refractivity contribution < 1.29 is 0 Å². The number of likely N-dealkylation sites (N-methyl/N-ethyl adjacent to an activating group) is 1. The fourth-order valence-electron chi connectivity index (χ4n) is 2.11. The third-order valence-electron chi connectivity index (χ3n) is 3.35. The van der Waals surface area contributed by atoms with Gasteiger partial charge in [-0.2, -0.15) is 0 Å². The molecule has 1 heterocycles. The highest BCUT2D eigenvalue weighted by Crippen LogP contribution is 2.49. The highest BCUT2D eigenvalue weighted by molar-refractivity contribution is 5.01. The Kier molecular flexibility index (Phi) is 1.69. The van der Waals surface area contributed by atoms with Gasteiger partial charge in [-0.15, -0.1) is 0 Å². The fraction of sp³-hybridized carbons (Fsp3) is 1.00. The second-order valence-electron chi connectivity index (χ2n) is 4.35. The molecule has 2 rings (SSSR count). The van der Waals surface area contributed by atoms with Gasteiger partial charge in [-0.05, 0) is 25.3 Å². The molecule has 2 heteroatoms. The lowest BCUT2D eigenvalue weighted by Crippen LogP contribution is -2.52. The van der Waals surface area contributed by atoms with E-state index >= 15 is 0 Å². The van der Waals surface area contributed by atoms with Gasteiger partial charge in [-0.3, -0.25) is 0 Å². The first kappa shape index (κ1) is 7.56. The largest absolute Gasteiger partial charge is 0.314 e. The van der Waals surface area contributed by atoms with E-state index in [4.69, 9.17) is 0 Å². The van der Waals surface area contributed by atoms with Gasteiger partial charge >= 0.3 is 0 Å². The average molecular weight is 154 g/mol. The minimum Gasteiger partial charge on any atom is -0.314 e. The third-order valence-corrected chi connectivity index (χ3v) is 3.35. The lowest BCUT2D eigenvalue weighted by atomic mass is 9.96. The summed E-state index contributed by atoms with van der Waals surface area (Å²) in [4.78, 5) is 2.52. The summed E-state index contributed by atoms with van der Waals surface area (Å²) in [7, 11) is 2.26. The molecule has 1 aliphatic heterocycles. The molecule has 2 aliphatic rings. The molecule has 2 nitrogen and oxygen atoms in total. The van der Waals surface area contributed by atoms with E-state index in [2.05, 4.69) is 24.2 Å². The molecule has 1 saturated carbocycles. The molecule has 0 amide bonds. The summed E-state index contributed by atoms with van der Waals surface area (Å²) in [5.74, 6) is 0. The summed E-state index contributed by atoms with van der Waals surface area (Å²) in [6.45, 7) is 6.01. The molecule has 1 saturated heterocycles. The second kappa shape index (κ2) is 2.46. The van der Waals surface area contributed by atoms with Gasteiger partial charge in [0.05, 0.1) is 0 Å². The number of piperazine rings is 1. The smallest absolute Gasteiger partial charge is 0.0271 e. The Hall–Kier alpha value is -0.0800. The van der Waals surface area contributed by atoms with Gasteiger partial charge in [0, 0.05) is 25.7 Å². The van der Waals surface area contributed by atoms with Gasteiger partial charge < -0.3 is 10.2 Å². The summed E-state index contributed by atoms with van der Waals surface area (Å²) >= 11 is 0. The van der Waals surface area contributed by atoms with Gasteiger partial charge in [0.1, 0.15) is 0 Å². The van der Waals surface area contributed by atoms with Gasteiger partial charge in [-0.25, -0.2) is 0 Å². The first-order chi connectivity index (χ1) is 5.22. The SMILES string of the molecule is CN1CCNCC1C1(C)CC1. The van der Waals surface area contributed by atoms with Crippen LogP contribution in [-0.4, -0.2) is 37.6 Å². The maximum absolute atomic E-state index is 3.47. The maximum atomic E-state index is 3.47. The van der Waals surface area contributed by atoms with Crippen molar-refractivity contribution in [2.75, 3.05) is 26.7 Å². The Morgan fingerprint density at radius 1 is 1.45 bits per heavy atom. The van der Waals surface area contributed by atoms with Crippen LogP contribution in [0.5, 0.6) is 0 Å². The predicted molar refractivity (Wildman–Crippen MR) is 46.6 cm³/mol. The van der Waals surface area contributed by atoms with E-state index in [1.54, 1.807) is 0 Å². The van der Waals surface area contributed by atoms with E-state index < -0.39 is 0 Å². The molecule has 1 aliphatic carbocycles. The van der Waals surface area contributed by atoms with Crippen molar-refractivity contribution in [1.29, 1.82) is 0 Å². The molecule has 11 heavy (non-hydrogen) atoms. The monoisotopic (exact) mass is 154 g/mol. The number of nitrogens with one attached hydrogen (secondary N) is 1. The molecule has 0 aromatic rings. The quantitative estimate of drug-likeness (QED) is 0.598. The van der Waals surface area contributed by atoms with Crippen LogP contribution in [0.15, 0.2) is 0 Å². The number of rotatable bonds is 1. The van der Waals surface area contributed by atoms with Crippen molar-refractivity contribution in [2.45, 2.75) is 25.8 Å². The molecule has 0 bridgehead atoms. The van der Waals surface area contributed by atoms with Gasteiger partial charge in [0.15, 0.2) is 0 Å². The van der Waals surface area contributed by atoms with Crippen LogP contribution in [0.2, 0.25) is 0 Å². The molecule has 64 valence electrons. The van der Waals surface area contributed by atoms with E-state index in [1.165, 1.54) is 32.5 Å². The Balaban J connectivity index is 1.99. The second-order valence-corrected chi connectivity index (χ2v) is 4.35. The molecular formula is C9H18N2. The Morgan fingerprint density at radius 3 is 2.73 bits per heavy atom. The van der Waals surface area contributed by atoms with Gasteiger partial charge in [0.2, 0.25) is 0 Å². The van der Waals surface area contributed by atoms with E-state index in [-0.39, 0.29) is 0 Å². The lowest BCUT2D eigenvalue weighted by molar-refractivity contribution is 0.138. The van der Waals surface area contributed by atoms with Crippen LogP contribution in [0.1, 0.15) is 19.8 Å². The third kappa shape index (κ3) is 1.30. The minimum atomic E-state index is 0.655. The van der Waals surface area contributed by atoms with Crippen molar-refractivity contribution >= 4 is 0 Å². The van der Waals surface area contributed by atoms with Crippen molar-refractivity contribution in [3.8, 4) is 0 Å². The summed E-state index contributed by atoms with van der Waals surface area (Å²) in [6.07, 6.45) is 2.87. The van der Waals surface area contributed by atoms with Crippen molar-refractivity contribution in [2.24, 2.45) is 5.41 Å². The predicted octanol–water partition coefficient (Wildman–Crippen LogP) is 0.690. The molecule has 2 fully saturated rings. The van der Waals surface area contributed by atoms with Crippen LogP contribution in [0.3, 0.4) is 0 Å². The van der Waals surface area contributed by atoms with E-state index in [9.17, 15) is 0 Å². The van der Waals surface area contributed by atoms with Crippen LogP contribution >= 0.6 is 0 Å². The highest BCUT2D eigenvalue weighted by Gasteiger charge is 2.46. The number of nitrogens with zero attached hydrogens (tertiary/aromatic N) is 1. The van der Waals surface area contributed by atoms with Crippen LogP contribution in [0.4, 0.5) is 0 Å². The van der Waals surface area contributed by atoms with Gasteiger partial charge in [0.25, 0.3) is 0 Å². The first-order valence-electron chi connectivity index (χ1n) is 4.63. The van der Waals surface area contributed by atoms with E-state index in [1.807, 2.05) is 0 Å². The maximum Gasteiger partial charge on any atom is 0.0271 e. The van der Waals surface area contributed by atoms with E-state index in [0.29, 0.717) is 5.41 Å². The summed E-state index contributed by atoms with van der Waals surface area (Å²) < 4.78 is 0. The molecule has 0 aromatic heterocycles. The average Bonchev–Trinajstić information content (AvgIpc) is 2.70. The number of hydrogen-bond donors (Lipinski definition) is 1. The van der Waals surface area contributed by atoms with E-state index in [0.717, 1.165) is 6.04 Å². The first-order valence-corrected chi connectivity index (χ1v) is 4.63. The normalized spacial score (nSPS) is 37.1. The molecule has 1 unspecified atom stereocenters. The number of hydrogen-bond acceptors (Lipinski definition) is 2. The molecule has 1 N–H and O–H groups in total. The lowest BCUT2D eigenvalue weighted by Gasteiger charge is -2.37. The topological polar surface area (TPSA) is 15.3 Å². The Bertz CT molecular complexity index is 152. The van der Waals surface area contributed by atoms with Crippen LogP contribution < -0.4 is 5.32 Å².